The molecule has 0 aliphatic heterocycles. The molecule has 0 radical (unpaired) electrons. The molecule has 2 rings (SSSR count). The number of rotatable bonds is 9. The van der Waals surface area contributed by atoms with Gasteiger partial charge in [0, 0.05) is 16.9 Å². The third-order valence-electron chi connectivity index (χ3n) is 4.36. The van der Waals surface area contributed by atoms with Gasteiger partial charge in [-0.1, -0.05) is 25.6 Å². The first-order chi connectivity index (χ1) is 14.6. The van der Waals surface area contributed by atoms with Crippen molar-refractivity contribution in [1.82, 2.24) is 9.97 Å². The molecule has 0 saturated heterocycles. The van der Waals surface area contributed by atoms with Crippen LogP contribution in [0.2, 0.25) is 0 Å². The minimum atomic E-state index is -0.271. The fourth-order valence-electron chi connectivity index (χ4n) is 2.87. The maximum atomic E-state index is 9.99. The predicted molar refractivity (Wildman–Crippen MR) is 125 cm³/mol. The van der Waals surface area contributed by atoms with Gasteiger partial charge in [-0.25, -0.2) is 9.97 Å². The van der Waals surface area contributed by atoms with Crippen LogP contribution in [0.5, 0.6) is 17.2 Å². The zero-order valence-corrected chi connectivity index (χ0v) is 20.4. The first-order valence-electron chi connectivity index (χ1n) is 10.2. The van der Waals surface area contributed by atoms with Crippen molar-refractivity contribution < 1.29 is 14.2 Å². The molecule has 7 nitrogen and oxygen atoms in total. The van der Waals surface area contributed by atoms with E-state index in [4.69, 9.17) is 19.2 Å². The number of thioether (sulfide) groups is 1. The molecule has 1 heterocycles. The number of ether oxygens (including phenoxy) is 3. The molecule has 1 aromatic heterocycles. The standard InChI is InChI=1S/C23H32N4O3S/c1-14(2)9-10-31-22-25-19(16(13-24)21(26-22)27-23(3,4)5)15-11-17(28-6)20(30-8)18(12-15)29-7/h11-12,14H,9-10H2,1-8H3,(H,25,26,27). The lowest BCUT2D eigenvalue weighted by Crippen LogP contribution is -2.27. The van der Waals surface area contributed by atoms with Crippen molar-refractivity contribution in [3.8, 4) is 34.6 Å². The second-order valence-corrected chi connectivity index (χ2v) is 9.57. The number of nitriles is 1. The number of nitrogens with one attached hydrogen (secondary N) is 1. The predicted octanol–water partition coefficient (Wildman–Crippen LogP) is 5.39. The number of hydrogen-bond donors (Lipinski definition) is 1. The van der Waals surface area contributed by atoms with E-state index in [0.717, 1.165) is 12.2 Å². The van der Waals surface area contributed by atoms with E-state index in [1.165, 1.54) is 0 Å². The molecule has 0 atom stereocenters. The summed E-state index contributed by atoms with van der Waals surface area (Å²) < 4.78 is 16.4. The summed E-state index contributed by atoms with van der Waals surface area (Å²) in [6, 6.07) is 5.88. The third-order valence-corrected chi connectivity index (χ3v) is 5.24. The molecule has 2 aromatic rings. The molecule has 0 fully saturated rings. The van der Waals surface area contributed by atoms with E-state index >= 15 is 0 Å². The van der Waals surface area contributed by atoms with Crippen LogP contribution in [0.4, 0.5) is 5.82 Å². The number of nitrogens with zero attached hydrogens (tertiary/aromatic N) is 3. The fraction of sp³-hybridized carbons (Fsp3) is 0.522. The van der Waals surface area contributed by atoms with Crippen molar-refractivity contribution in [2.24, 2.45) is 5.92 Å². The highest BCUT2D eigenvalue weighted by atomic mass is 32.2. The third kappa shape index (κ3) is 6.41. The molecule has 0 aliphatic carbocycles. The molecule has 31 heavy (non-hydrogen) atoms. The van der Waals surface area contributed by atoms with Crippen LogP contribution in [0, 0.1) is 17.2 Å². The van der Waals surface area contributed by atoms with Crippen LogP contribution in [0.25, 0.3) is 11.3 Å². The molecule has 0 unspecified atom stereocenters. The van der Waals surface area contributed by atoms with Crippen molar-refractivity contribution >= 4 is 17.6 Å². The lowest BCUT2D eigenvalue weighted by Gasteiger charge is -2.23. The highest BCUT2D eigenvalue weighted by Gasteiger charge is 2.23. The second kappa shape index (κ2) is 10.6. The van der Waals surface area contributed by atoms with Gasteiger partial charge in [0.15, 0.2) is 16.7 Å². The molecule has 1 N–H and O–H groups in total. The summed E-state index contributed by atoms with van der Waals surface area (Å²) in [5, 5.41) is 14.0. The number of methoxy groups -OCH3 is 3. The topological polar surface area (TPSA) is 89.3 Å². The largest absolute Gasteiger partial charge is 0.493 e. The number of anilines is 1. The Morgan fingerprint density at radius 2 is 1.68 bits per heavy atom. The van der Waals surface area contributed by atoms with Crippen LogP contribution in [-0.4, -0.2) is 42.6 Å². The number of benzene rings is 1. The van der Waals surface area contributed by atoms with Crippen molar-refractivity contribution in [2.45, 2.75) is 51.7 Å². The van der Waals surface area contributed by atoms with E-state index in [0.29, 0.717) is 51.0 Å². The van der Waals surface area contributed by atoms with Crippen molar-refractivity contribution in [2.75, 3.05) is 32.4 Å². The van der Waals surface area contributed by atoms with Gasteiger partial charge in [0.05, 0.1) is 27.0 Å². The van der Waals surface area contributed by atoms with Gasteiger partial charge < -0.3 is 19.5 Å². The molecule has 0 bridgehead atoms. The Morgan fingerprint density at radius 3 is 2.13 bits per heavy atom. The maximum Gasteiger partial charge on any atom is 0.203 e. The number of aromatic nitrogens is 2. The van der Waals surface area contributed by atoms with E-state index in [9.17, 15) is 5.26 Å². The summed E-state index contributed by atoms with van der Waals surface area (Å²) in [6.45, 7) is 10.5. The van der Waals surface area contributed by atoms with E-state index in [2.05, 4.69) is 30.2 Å². The highest BCUT2D eigenvalue weighted by molar-refractivity contribution is 7.99. The summed E-state index contributed by atoms with van der Waals surface area (Å²) in [5.41, 5.74) is 1.32. The van der Waals surface area contributed by atoms with Gasteiger partial charge >= 0.3 is 0 Å². The Hall–Kier alpha value is -2.66. The SMILES string of the molecule is COc1cc(-c2nc(SCCC(C)C)nc(NC(C)(C)C)c2C#N)cc(OC)c1OC. The molecular formula is C23H32N4O3S. The monoisotopic (exact) mass is 444 g/mol. The van der Waals surface area contributed by atoms with E-state index in [1.807, 2.05) is 20.8 Å². The maximum absolute atomic E-state index is 9.99. The summed E-state index contributed by atoms with van der Waals surface area (Å²) in [6.07, 6.45) is 1.05. The van der Waals surface area contributed by atoms with Crippen LogP contribution >= 0.6 is 11.8 Å². The molecule has 0 saturated carbocycles. The molecule has 0 spiro atoms. The van der Waals surface area contributed by atoms with Gasteiger partial charge in [0.25, 0.3) is 0 Å². The number of hydrogen-bond acceptors (Lipinski definition) is 8. The minimum Gasteiger partial charge on any atom is -0.493 e. The Morgan fingerprint density at radius 1 is 1.06 bits per heavy atom. The van der Waals surface area contributed by atoms with Gasteiger partial charge in [-0.3, -0.25) is 0 Å². The lowest BCUT2D eigenvalue weighted by molar-refractivity contribution is 0.324. The van der Waals surface area contributed by atoms with Gasteiger partial charge in [-0.2, -0.15) is 5.26 Å². The van der Waals surface area contributed by atoms with Crippen molar-refractivity contribution in [1.29, 1.82) is 5.26 Å². The van der Waals surface area contributed by atoms with Crippen LogP contribution < -0.4 is 19.5 Å². The van der Waals surface area contributed by atoms with Crippen molar-refractivity contribution in [3.63, 3.8) is 0 Å². The van der Waals surface area contributed by atoms with Crippen LogP contribution in [-0.2, 0) is 0 Å². The van der Waals surface area contributed by atoms with Crippen LogP contribution in [0.15, 0.2) is 17.3 Å². The lowest BCUT2D eigenvalue weighted by atomic mass is 10.0. The first kappa shape index (κ1) is 24.6. The summed E-state index contributed by atoms with van der Waals surface area (Å²) >= 11 is 1.59. The normalized spacial score (nSPS) is 11.2. The molecule has 0 aliphatic rings. The van der Waals surface area contributed by atoms with Crippen LogP contribution in [0.3, 0.4) is 0 Å². The fourth-order valence-corrected chi connectivity index (χ4v) is 3.95. The molecule has 0 amide bonds. The first-order valence-corrected chi connectivity index (χ1v) is 11.2. The van der Waals surface area contributed by atoms with Gasteiger partial charge in [0.2, 0.25) is 5.75 Å². The quantitative estimate of drug-likeness (QED) is 0.407. The highest BCUT2D eigenvalue weighted by Crippen LogP contribution is 2.42. The molecular weight excluding hydrogens is 412 g/mol. The summed E-state index contributed by atoms with van der Waals surface area (Å²) in [4.78, 5) is 9.41. The average molecular weight is 445 g/mol. The second-order valence-electron chi connectivity index (χ2n) is 8.51. The van der Waals surface area contributed by atoms with Gasteiger partial charge in [-0.05, 0) is 45.2 Å². The Kier molecular flexibility index (Phi) is 8.40. The molecule has 168 valence electrons. The Labute approximate surface area is 189 Å². The molecule has 1 aromatic carbocycles. The summed E-state index contributed by atoms with van der Waals surface area (Å²) in [5.74, 6) is 3.49. The van der Waals surface area contributed by atoms with E-state index in [1.54, 1.807) is 45.2 Å². The molecule has 8 heteroatoms. The Bertz CT molecular complexity index is 924. The zero-order chi connectivity index (χ0) is 23.2. The van der Waals surface area contributed by atoms with Gasteiger partial charge in [0.1, 0.15) is 17.5 Å². The zero-order valence-electron chi connectivity index (χ0n) is 19.6. The van der Waals surface area contributed by atoms with Crippen LogP contribution in [0.1, 0.15) is 46.6 Å². The van der Waals surface area contributed by atoms with Crippen molar-refractivity contribution in [3.05, 3.63) is 17.7 Å². The average Bonchev–Trinajstić information content (AvgIpc) is 2.70. The Balaban J connectivity index is 2.69. The van der Waals surface area contributed by atoms with E-state index < -0.39 is 0 Å². The van der Waals surface area contributed by atoms with Gasteiger partial charge in [-0.15, -0.1) is 0 Å². The minimum absolute atomic E-state index is 0.271. The summed E-state index contributed by atoms with van der Waals surface area (Å²) in [7, 11) is 4.68. The van der Waals surface area contributed by atoms with E-state index in [-0.39, 0.29) is 5.54 Å². The smallest absolute Gasteiger partial charge is 0.203 e.